The fraction of sp³-hybridized carbons (Fsp3) is 0.929. The van der Waals surface area contributed by atoms with Gasteiger partial charge in [-0.05, 0) is 6.42 Å². The first-order valence-electron chi connectivity index (χ1n) is 7.56. The summed E-state index contributed by atoms with van der Waals surface area (Å²) in [6.07, 6.45) is 11.8. The molecule has 0 atom stereocenters. The number of rotatable bonds is 13. The van der Waals surface area contributed by atoms with E-state index in [4.69, 9.17) is 9.29 Å². The summed E-state index contributed by atoms with van der Waals surface area (Å²) in [6.45, 7) is 2.44. The number of hydrogen-bond acceptors (Lipinski definition) is 4. The van der Waals surface area contributed by atoms with Gasteiger partial charge < -0.3 is 4.74 Å². The van der Waals surface area contributed by atoms with Gasteiger partial charge in [-0.1, -0.05) is 64.7 Å². The van der Waals surface area contributed by atoms with Crippen LogP contribution >= 0.6 is 0 Å². The quantitative estimate of drug-likeness (QED) is 0.243. The first-order chi connectivity index (χ1) is 9.45. The summed E-state index contributed by atoms with van der Waals surface area (Å²) >= 11 is 0. The second-order valence-corrected chi connectivity index (χ2v) is 6.58. The zero-order valence-corrected chi connectivity index (χ0v) is 13.3. The van der Waals surface area contributed by atoms with Crippen molar-refractivity contribution < 1.29 is 22.5 Å². The molecule has 0 rings (SSSR count). The van der Waals surface area contributed by atoms with Crippen molar-refractivity contribution in [2.45, 2.75) is 71.1 Å². The fourth-order valence-electron chi connectivity index (χ4n) is 1.97. The summed E-state index contributed by atoms with van der Waals surface area (Å²) in [5.41, 5.74) is 0. The molecule has 0 aromatic rings. The molecule has 7 heteroatoms. The summed E-state index contributed by atoms with van der Waals surface area (Å²) in [4.78, 5) is 11.0. The van der Waals surface area contributed by atoms with Crippen LogP contribution < -0.4 is 0 Å². The van der Waals surface area contributed by atoms with Crippen LogP contribution in [0.25, 0.3) is 0 Å². The van der Waals surface area contributed by atoms with E-state index in [1.54, 1.807) is 0 Å². The first kappa shape index (κ1) is 23.6. The predicted molar refractivity (Wildman–Crippen MR) is 86.4 cm³/mol. The normalized spacial score (nSPS) is 11.0. The fourth-order valence-corrected chi connectivity index (χ4v) is 2.35. The molecule has 0 unspecified atom stereocenters. The molecule has 1 N–H and O–H groups in total. The zero-order valence-electron chi connectivity index (χ0n) is 12.5. The third-order valence-electron chi connectivity index (χ3n) is 3.06. The van der Waals surface area contributed by atoms with Crippen LogP contribution in [-0.4, -0.2) is 60.9 Å². The average Bonchev–Trinajstić information content (AvgIpc) is 2.34. The van der Waals surface area contributed by atoms with Crippen LogP contribution in [0.3, 0.4) is 0 Å². The summed E-state index contributed by atoms with van der Waals surface area (Å²) < 4.78 is 33.9. The molecule has 0 spiro atoms. The van der Waals surface area contributed by atoms with Crippen molar-refractivity contribution in [1.82, 2.24) is 0 Å². The van der Waals surface area contributed by atoms with Gasteiger partial charge in [0.1, 0.15) is 0 Å². The Bertz CT molecular complexity index is 343. The molecule has 21 heavy (non-hydrogen) atoms. The minimum atomic E-state index is -4.26. The van der Waals surface area contributed by atoms with Crippen LogP contribution in [0.5, 0.6) is 0 Å². The van der Waals surface area contributed by atoms with E-state index < -0.39 is 21.8 Å². The van der Waals surface area contributed by atoms with Gasteiger partial charge in [-0.25, -0.2) is 0 Å². The second kappa shape index (κ2) is 15.3. The molecule has 0 amide bonds. The van der Waals surface area contributed by atoms with E-state index in [-0.39, 0.29) is 36.2 Å². The van der Waals surface area contributed by atoms with Crippen molar-refractivity contribution >= 4 is 45.6 Å². The van der Waals surface area contributed by atoms with Crippen LogP contribution in [0.2, 0.25) is 0 Å². The Hall–Kier alpha value is 0.380. The number of ether oxygens (including phenoxy) is 1. The van der Waals surface area contributed by atoms with E-state index in [1.807, 2.05) is 0 Å². The third-order valence-corrected chi connectivity index (χ3v) is 3.66. The molecule has 0 bridgehead atoms. The second-order valence-electron chi connectivity index (χ2n) is 5.13. The van der Waals surface area contributed by atoms with Gasteiger partial charge in [0.05, 0.1) is 6.61 Å². The molecule has 5 nitrogen and oxygen atoms in total. The van der Waals surface area contributed by atoms with Crippen molar-refractivity contribution in [2.24, 2.45) is 0 Å². The molecule has 0 fully saturated rings. The Morgan fingerprint density at radius 2 is 1.33 bits per heavy atom. The third kappa shape index (κ3) is 20.4. The minimum absolute atomic E-state index is 0. The Morgan fingerprint density at radius 1 is 0.905 bits per heavy atom. The molecule has 0 aliphatic carbocycles. The number of carbonyl (C=O) groups is 1. The molecule has 0 radical (unpaired) electrons. The summed E-state index contributed by atoms with van der Waals surface area (Å²) in [7, 11) is -4.26. The Labute approximate surface area is 151 Å². The van der Waals surface area contributed by atoms with Crippen molar-refractivity contribution in [3.8, 4) is 0 Å². The average molecular weight is 332 g/mol. The molecule has 0 saturated heterocycles. The molecule has 122 valence electrons. The van der Waals surface area contributed by atoms with Crippen molar-refractivity contribution in [3.63, 3.8) is 0 Å². The summed E-state index contributed by atoms with van der Waals surface area (Å²) in [5, 5.41) is 0. The van der Waals surface area contributed by atoms with Gasteiger partial charge in [0, 0.05) is 0 Å². The zero-order chi connectivity index (χ0) is 15.3. The van der Waals surface area contributed by atoms with Gasteiger partial charge in [0.2, 0.25) is 0 Å². The molecule has 0 aromatic carbocycles. The number of unbranched alkanes of at least 4 members (excludes halogenated alkanes) is 9. The Kier molecular flexibility index (Phi) is 17.2. The Balaban J connectivity index is 0. The van der Waals surface area contributed by atoms with Crippen molar-refractivity contribution in [2.75, 3.05) is 12.4 Å². The van der Waals surface area contributed by atoms with E-state index >= 15 is 0 Å². The van der Waals surface area contributed by atoms with Crippen molar-refractivity contribution in [3.05, 3.63) is 0 Å². The van der Waals surface area contributed by atoms with Crippen LogP contribution in [-0.2, 0) is 19.6 Å². The number of esters is 1. The van der Waals surface area contributed by atoms with Crippen LogP contribution in [0.4, 0.5) is 0 Å². The van der Waals surface area contributed by atoms with E-state index in [1.165, 1.54) is 44.9 Å². The first-order valence-corrected chi connectivity index (χ1v) is 9.17. The molecular formula is C14H29NaO5S. The van der Waals surface area contributed by atoms with Gasteiger partial charge in [0.15, 0.2) is 5.75 Å². The van der Waals surface area contributed by atoms with Crippen molar-refractivity contribution in [1.29, 1.82) is 0 Å². The number of carbonyl (C=O) groups excluding carboxylic acids is 1. The molecular weight excluding hydrogens is 303 g/mol. The van der Waals surface area contributed by atoms with E-state index in [0.29, 0.717) is 0 Å². The van der Waals surface area contributed by atoms with Crippen LogP contribution in [0.1, 0.15) is 71.1 Å². The SMILES string of the molecule is CCCCCCCCCCCCOC(=O)CS(=O)(=O)O.[NaH]. The predicted octanol–water partition coefficient (Wildman–Crippen LogP) is 2.69. The standard InChI is InChI=1S/C14H28O5S.Na.H/c1-2-3-4-5-6-7-8-9-10-11-12-19-14(15)13-20(16,17)18;;/h2-13H2,1H3,(H,16,17,18);;. The van der Waals surface area contributed by atoms with E-state index in [2.05, 4.69) is 6.92 Å². The summed E-state index contributed by atoms with van der Waals surface area (Å²) in [6, 6.07) is 0. The molecule has 0 heterocycles. The van der Waals surface area contributed by atoms with E-state index in [9.17, 15) is 13.2 Å². The summed E-state index contributed by atoms with van der Waals surface area (Å²) in [5.74, 6) is -1.84. The van der Waals surface area contributed by atoms with Gasteiger partial charge in [-0.15, -0.1) is 0 Å². The molecule has 0 aliphatic rings. The van der Waals surface area contributed by atoms with E-state index in [0.717, 1.165) is 19.3 Å². The molecule has 0 saturated carbocycles. The Morgan fingerprint density at radius 3 is 1.76 bits per heavy atom. The van der Waals surface area contributed by atoms with Gasteiger partial charge in [-0.2, -0.15) is 8.42 Å². The molecule has 0 aromatic heterocycles. The van der Waals surface area contributed by atoms with Gasteiger partial charge in [-0.3, -0.25) is 9.35 Å². The molecule has 0 aliphatic heterocycles. The van der Waals surface area contributed by atoms with Crippen LogP contribution in [0.15, 0.2) is 0 Å². The maximum absolute atomic E-state index is 11.0. The maximum atomic E-state index is 11.0. The van der Waals surface area contributed by atoms with Gasteiger partial charge in [0.25, 0.3) is 10.1 Å². The van der Waals surface area contributed by atoms with Gasteiger partial charge >= 0.3 is 35.5 Å². The van der Waals surface area contributed by atoms with Crippen LogP contribution in [0, 0.1) is 0 Å². The topological polar surface area (TPSA) is 80.7 Å². The monoisotopic (exact) mass is 332 g/mol. The number of hydrogen-bond donors (Lipinski definition) is 1.